The van der Waals surface area contributed by atoms with Crippen LogP contribution in [0.3, 0.4) is 0 Å². The van der Waals surface area contributed by atoms with Crippen molar-refractivity contribution < 1.29 is 18.3 Å². The third-order valence-corrected chi connectivity index (χ3v) is 9.22. The molecule has 0 aromatic carbocycles. The molecule has 0 amide bonds. The summed E-state index contributed by atoms with van der Waals surface area (Å²) in [5, 5.41) is 0. The van der Waals surface area contributed by atoms with Gasteiger partial charge in [0.1, 0.15) is 0 Å². The van der Waals surface area contributed by atoms with Gasteiger partial charge in [-0.25, -0.2) is 0 Å². The zero-order valence-corrected chi connectivity index (χ0v) is 18.9. The number of halogens is 2. The maximum absolute atomic E-state index is 12.3. The molecular weight excluding hydrogens is 382 g/mol. The van der Waals surface area contributed by atoms with Gasteiger partial charge in [-0.1, -0.05) is 0 Å². The molecule has 30 heavy (non-hydrogen) atoms. The Balaban J connectivity index is 1.14. The van der Waals surface area contributed by atoms with Crippen LogP contribution in [-0.2, 0) is 9.47 Å². The lowest BCUT2D eigenvalue weighted by Crippen LogP contribution is -2.37. The van der Waals surface area contributed by atoms with E-state index in [1.54, 1.807) is 0 Å². The van der Waals surface area contributed by atoms with Crippen molar-refractivity contribution in [3.05, 3.63) is 12.2 Å². The Morgan fingerprint density at radius 3 is 1.40 bits per heavy atom. The van der Waals surface area contributed by atoms with Crippen molar-refractivity contribution in [1.29, 1.82) is 0 Å². The molecule has 2 nitrogen and oxygen atoms in total. The van der Waals surface area contributed by atoms with Crippen molar-refractivity contribution in [3.8, 4) is 0 Å². The molecule has 0 aromatic rings. The summed E-state index contributed by atoms with van der Waals surface area (Å²) in [4.78, 5) is 0. The highest BCUT2D eigenvalue weighted by molar-refractivity contribution is 4.89. The monoisotopic (exact) mass is 424 g/mol. The molecule has 0 aromatic heterocycles. The van der Waals surface area contributed by atoms with Gasteiger partial charge in [-0.2, -0.15) is 8.78 Å². The summed E-state index contributed by atoms with van der Waals surface area (Å²) < 4.78 is 36.1. The van der Waals surface area contributed by atoms with Crippen LogP contribution in [0.2, 0.25) is 0 Å². The smallest absolute Gasteiger partial charge is 0.266 e. The number of ether oxygens (including phenoxy) is 2. The third kappa shape index (κ3) is 6.06. The first-order valence-corrected chi connectivity index (χ1v) is 12.8. The van der Waals surface area contributed by atoms with Crippen LogP contribution in [0.4, 0.5) is 8.78 Å². The average Bonchev–Trinajstić information content (AvgIpc) is 2.79. The molecule has 4 heteroatoms. The number of hydrogen-bond acceptors (Lipinski definition) is 2. The minimum atomic E-state index is -1.50. The number of hydrogen-bond donors (Lipinski definition) is 0. The average molecular weight is 425 g/mol. The first kappa shape index (κ1) is 22.7. The zero-order valence-electron chi connectivity index (χ0n) is 18.9. The summed E-state index contributed by atoms with van der Waals surface area (Å²) in [7, 11) is 0. The quantitative estimate of drug-likeness (QED) is 0.453. The van der Waals surface area contributed by atoms with Crippen LogP contribution in [0.25, 0.3) is 0 Å². The lowest BCUT2D eigenvalue weighted by atomic mass is 9.64. The molecule has 4 rings (SSSR count). The van der Waals surface area contributed by atoms with Crippen molar-refractivity contribution in [2.24, 2.45) is 41.4 Å². The second kappa shape index (κ2) is 10.9. The second-order valence-electron chi connectivity index (χ2n) is 10.9. The normalized spacial score (nSPS) is 43.2. The SMILES string of the molecule is CC1OCC(C2CCC(C3CCC(C4CCC(CC=C(F)F)CC4)CC3)CC2)CO1. The van der Waals surface area contributed by atoms with Gasteiger partial charge in [0.05, 0.1) is 13.2 Å². The molecule has 1 heterocycles. The largest absolute Gasteiger partial charge is 0.353 e. The van der Waals surface area contributed by atoms with E-state index >= 15 is 0 Å². The van der Waals surface area contributed by atoms with E-state index < -0.39 is 6.08 Å². The Morgan fingerprint density at radius 2 is 1.00 bits per heavy atom. The van der Waals surface area contributed by atoms with Crippen LogP contribution in [-0.4, -0.2) is 19.5 Å². The number of rotatable bonds is 5. The van der Waals surface area contributed by atoms with E-state index in [0.29, 0.717) is 18.3 Å². The molecule has 4 aliphatic rings. The fraction of sp³-hybridized carbons (Fsp3) is 0.923. The zero-order chi connectivity index (χ0) is 20.9. The van der Waals surface area contributed by atoms with Crippen molar-refractivity contribution >= 4 is 0 Å². The summed E-state index contributed by atoms with van der Waals surface area (Å²) in [6.07, 6.45) is 16.3. The van der Waals surface area contributed by atoms with Gasteiger partial charge in [0.15, 0.2) is 6.29 Å². The molecule has 0 radical (unpaired) electrons. The van der Waals surface area contributed by atoms with Gasteiger partial charge >= 0.3 is 0 Å². The van der Waals surface area contributed by atoms with E-state index in [0.717, 1.165) is 61.7 Å². The van der Waals surface area contributed by atoms with Crippen LogP contribution in [0.5, 0.6) is 0 Å². The molecule has 1 saturated heterocycles. The molecule has 1 aliphatic heterocycles. The number of allylic oxidation sites excluding steroid dienone is 1. The molecular formula is C26H42F2O2. The molecule has 0 atom stereocenters. The summed E-state index contributed by atoms with van der Waals surface area (Å²) in [6, 6.07) is 0. The molecule has 172 valence electrons. The van der Waals surface area contributed by atoms with Gasteiger partial charge in [0, 0.05) is 5.92 Å². The minimum Gasteiger partial charge on any atom is -0.353 e. The van der Waals surface area contributed by atoms with Gasteiger partial charge in [0.25, 0.3) is 6.08 Å². The summed E-state index contributed by atoms with van der Waals surface area (Å²) in [6.45, 7) is 3.78. The third-order valence-electron chi connectivity index (χ3n) is 9.22. The molecule has 0 unspecified atom stereocenters. The standard InChI is InChI=1S/C26H42F2O2/c1-18-29-16-25(17-30-18)24-13-11-23(12-14-24)22-9-7-21(8-10-22)20-5-2-19(3-6-20)4-15-26(27)28/h15,18-25H,2-14,16-17H2,1H3. The first-order chi connectivity index (χ1) is 14.6. The van der Waals surface area contributed by atoms with Crippen molar-refractivity contribution in [2.45, 2.75) is 96.7 Å². The predicted molar refractivity (Wildman–Crippen MR) is 116 cm³/mol. The van der Waals surface area contributed by atoms with Crippen LogP contribution in [0, 0.1) is 41.4 Å². The molecule has 0 bridgehead atoms. The minimum absolute atomic E-state index is 0.0159. The maximum atomic E-state index is 12.3. The summed E-state index contributed by atoms with van der Waals surface area (Å²) in [5.74, 6) is 5.60. The van der Waals surface area contributed by atoms with Crippen LogP contribution < -0.4 is 0 Å². The summed E-state index contributed by atoms with van der Waals surface area (Å²) >= 11 is 0. The summed E-state index contributed by atoms with van der Waals surface area (Å²) in [5.41, 5.74) is 0. The Bertz CT molecular complexity index is 529. The van der Waals surface area contributed by atoms with E-state index in [1.165, 1.54) is 64.2 Å². The Morgan fingerprint density at radius 1 is 0.633 bits per heavy atom. The lowest BCUT2D eigenvalue weighted by molar-refractivity contribution is -0.200. The van der Waals surface area contributed by atoms with Gasteiger partial charge in [-0.05, 0) is 132 Å². The predicted octanol–water partition coefficient (Wildman–Crippen LogP) is 7.59. The molecule has 3 aliphatic carbocycles. The van der Waals surface area contributed by atoms with E-state index in [-0.39, 0.29) is 6.29 Å². The highest BCUT2D eigenvalue weighted by Gasteiger charge is 2.36. The van der Waals surface area contributed by atoms with Crippen molar-refractivity contribution in [1.82, 2.24) is 0 Å². The maximum Gasteiger partial charge on any atom is 0.266 e. The highest BCUT2D eigenvalue weighted by Crippen LogP contribution is 2.47. The molecule has 0 spiro atoms. The van der Waals surface area contributed by atoms with E-state index in [2.05, 4.69) is 0 Å². The fourth-order valence-corrected chi connectivity index (χ4v) is 7.21. The highest BCUT2D eigenvalue weighted by atomic mass is 19.3. The first-order valence-electron chi connectivity index (χ1n) is 12.8. The van der Waals surface area contributed by atoms with E-state index in [4.69, 9.17) is 9.47 Å². The Hall–Kier alpha value is -0.480. The van der Waals surface area contributed by atoms with E-state index in [9.17, 15) is 8.78 Å². The van der Waals surface area contributed by atoms with Gasteiger partial charge in [-0.3, -0.25) is 0 Å². The van der Waals surface area contributed by atoms with Gasteiger partial charge in [0.2, 0.25) is 0 Å². The van der Waals surface area contributed by atoms with Gasteiger partial charge in [-0.15, -0.1) is 0 Å². The van der Waals surface area contributed by atoms with E-state index in [1.807, 2.05) is 6.92 Å². The molecule has 4 fully saturated rings. The topological polar surface area (TPSA) is 18.5 Å². The second-order valence-corrected chi connectivity index (χ2v) is 10.9. The van der Waals surface area contributed by atoms with Crippen LogP contribution >= 0.6 is 0 Å². The molecule has 0 N–H and O–H groups in total. The Labute approximate surface area is 182 Å². The fourth-order valence-electron chi connectivity index (χ4n) is 7.21. The van der Waals surface area contributed by atoms with Crippen LogP contribution in [0.1, 0.15) is 90.4 Å². The lowest BCUT2D eigenvalue weighted by Gasteiger charge is -2.42. The Kier molecular flexibility index (Phi) is 8.25. The van der Waals surface area contributed by atoms with Crippen molar-refractivity contribution in [3.63, 3.8) is 0 Å². The molecule has 3 saturated carbocycles. The van der Waals surface area contributed by atoms with Crippen LogP contribution in [0.15, 0.2) is 12.2 Å². The van der Waals surface area contributed by atoms with Gasteiger partial charge < -0.3 is 9.47 Å². The van der Waals surface area contributed by atoms with Crippen molar-refractivity contribution in [2.75, 3.05) is 13.2 Å².